The Bertz CT molecular complexity index is 895. The van der Waals surface area contributed by atoms with E-state index in [2.05, 4.69) is 22.0 Å². The number of fused-ring (bicyclic) bond motifs is 1. The van der Waals surface area contributed by atoms with Gasteiger partial charge in [0.25, 0.3) is 0 Å². The molecule has 0 saturated carbocycles. The highest BCUT2D eigenvalue weighted by Gasteiger charge is 2.35. The van der Waals surface area contributed by atoms with E-state index in [9.17, 15) is 4.79 Å². The lowest BCUT2D eigenvalue weighted by Gasteiger charge is -2.35. The quantitative estimate of drug-likeness (QED) is 0.663. The smallest absolute Gasteiger partial charge is 0.410 e. The van der Waals surface area contributed by atoms with Crippen LogP contribution in [0, 0.1) is 0 Å². The highest BCUT2D eigenvalue weighted by Crippen LogP contribution is 2.39. The van der Waals surface area contributed by atoms with Crippen LogP contribution in [0.5, 0.6) is 0 Å². The summed E-state index contributed by atoms with van der Waals surface area (Å²) in [6.07, 6.45) is 6.31. The van der Waals surface area contributed by atoms with Crippen LogP contribution in [0.4, 0.5) is 10.5 Å². The Morgan fingerprint density at radius 1 is 1.28 bits per heavy atom. The van der Waals surface area contributed by atoms with Gasteiger partial charge in [0.1, 0.15) is 5.60 Å². The van der Waals surface area contributed by atoms with Crippen LogP contribution in [0.3, 0.4) is 0 Å². The molecule has 2 aromatic rings. The first kappa shape index (κ1) is 20.0. The molecule has 1 aromatic heterocycles. The van der Waals surface area contributed by atoms with E-state index in [0.717, 1.165) is 49.6 Å². The lowest BCUT2D eigenvalue weighted by molar-refractivity contribution is 0.0224. The fourth-order valence-electron chi connectivity index (χ4n) is 4.38. The summed E-state index contributed by atoms with van der Waals surface area (Å²) in [4.78, 5) is 21.2. The first-order valence-corrected chi connectivity index (χ1v) is 10.7. The van der Waals surface area contributed by atoms with Crippen LogP contribution >= 0.6 is 11.6 Å². The van der Waals surface area contributed by atoms with E-state index < -0.39 is 5.60 Å². The van der Waals surface area contributed by atoms with Crippen molar-refractivity contribution in [2.75, 3.05) is 18.0 Å². The molecule has 0 N–H and O–H groups in total. The highest BCUT2D eigenvalue weighted by molar-refractivity contribution is 6.30. The molecule has 1 aromatic carbocycles. The molecule has 6 heteroatoms. The van der Waals surface area contributed by atoms with Crippen LogP contribution in [0.1, 0.15) is 56.3 Å². The number of pyridine rings is 1. The molecule has 0 radical (unpaired) electrons. The van der Waals surface area contributed by atoms with Crippen molar-refractivity contribution in [3.8, 4) is 0 Å². The summed E-state index contributed by atoms with van der Waals surface area (Å²) >= 11 is 6.52. The number of carbonyl (C=O) groups is 1. The van der Waals surface area contributed by atoms with Gasteiger partial charge in [-0.05, 0) is 81.0 Å². The molecule has 5 nitrogen and oxygen atoms in total. The van der Waals surface area contributed by atoms with Crippen molar-refractivity contribution in [3.63, 3.8) is 0 Å². The van der Waals surface area contributed by atoms with Gasteiger partial charge in [-0.1, -0.05) is 11.6 Å². The number of amides is 1. The minimum absolute atomic E-state index is 0.0299. The van der Waals surface area contributed by atoms with Crippen LogP contribution in [0.2, 0.25) is 5.02 Å². The van der Waals surface area contributed by atoms with Gasteiger partial charge in [-0.3, -0.25) is 4.98 Å². The Morgan fingerprint density at radius 3 is 2.83 bits per heavy atom. The number of ether oxygens (including phenoxy) is 1. The van der Waals surface area contributed by atoms with Crippen molar-refractivity contribution < 1.29 is 9.53 Å². The monoisotopic (exact) mass is 413 g/mol. The van der Waals surface area contributed by atoms with Crippen molar-refractivity contribution in [2.45, 2.75) is 58.2 Å². The zero-order valence-corrected chi connectivity index (χ0v) is 18.1. The van der Waals surface area contributed by atoms with Gasteiger partial charge in [0.05, 0.1) is 17.9 Å². The molecular formula is C23H28ClN3O2. The molecule has 0 aliphatic carbocycles. The number of halogens is 1. The second-order valence-corrected chi connectivity index (χ2v) is 9.28. The maximum Gasteiger partial charge on any atom is 0.410 e. The van der Waals surface area contributed by atoms with Gasteiger partial charge in [0, 0.05) is 30.9 Å². The minimum atomic E-state index is -0.498. The number of rotatable bonds is 2. The van der Waals surface area contributed by atoms with Gasteiger partial charge in [-0.25, -0.2) is 4.79 Å². The van der Waals surface area contributed by atoms with Gasteiger partial charge in [-0.15, -0.1) is 0 Å². The summed E-state index contributed by atoms with van der Waals surface area (Å²) in [6, 6.07) is 8.20. The Hall–Kier alpha value is -2.27. The number of hydrogen-bond acceptors (Lipinski definition) is 4. The summed E-state index contributed by atoms with van der Waals surface area (Å²) < 4.78 is 5.66. The molecular weight excluding hydrogens is 386 g/mol. The van der Waals surface area contributed by atoms with Gasteiger partial charge in [-0.2, -0.15) is 0 Å². The largest absolute Gasteiger partial charge is 0.444 e. The molecule has 2 aliphatic rings. The second kappa shape index (κ2) is 7.86. The van der Waals surface area contributed by atoms with Gasteiger partial charge in [0.2, 0.25) is 0 Å². The second-order valence-electron chi connectivity index (χ2n) is 8.85. The first-order valence-electron chi connectivity index (χ1n) is 10.3. The van der Waals surface area contributed by atoms with E-state index in [0.29, 0.717) is 0 Å². The Morgan fingerprint density at radius 2 is 2.10 bits per heavy atom. The van der Waals surface area contributed by atoms with Crippen LogP contribution in [0.25, 0.3) is 0 Å². The molecule has 1 saturated heterocycles. The molecule has 0 unspecified atom stereocenters. The number of anilines is 1. The van der Waals surface area contributed by atoms with Crippen molar-refractivity contribution >= 4 is 23.4 Å². The number of nitrogens with zero attached hydrogens (tertiary/aromatic N) is 3. The molecule has 0 spiro atoms. The van der Waals surface area contributed by atoms with E-state index in [-0.39, 0.29) is 12.1 Å². The van der Waals surface area contributed by atoms with Gasteiger partial charge < -0.3 is 14.5 Å². The molecule has 154 valence electrons. The zero-order chi connectivity index (χ0) is 20.6. The van der Waals surface area contributed by atoms with Gasteiger partial charge >= 0.3 is 6.09 Å². The van der Waals surface area contributed by atoms with Crippen LogP contribution < -0.4 is 4.90 Å². The Balaban J connectivity index is 1.62. The van der Waals surface area contributed by atoms with E-state index in [1.807, 2.05) is 44.0 Å². The van der Waals surface area contributed by atoms with Crippen molar-refractivity contribution in [3.05, 3.63) is 58.4 Å². The summed E-state index contributed by atoms with van der Waals surface area (Å²) in [7, 11) is 0. The normalized spacial score (nSPS) is 19.2. The predicted molar refractivity (Wildman–Crippen MR) is 115 cm³/mol. The molecule has 4 rings (SSSR count). The number of carbonyl (C=O) groups excluding carboxylic acids is 1. The van der Waals surface area contributed by atoms with E-state index in [1.165, 1.54) is 16.7 Å². The molecule has 2 aliphatic heterocycles. The maximum atomic E-state index is 12.8. The first-order chi connectivity index (χ1) is 13.8. The number of aromatic nitrogens is 1. The molecule has 1 amide bonds. The molecule has 3 heterocycles. The van der Waals surface area contributed by atoms with Crippen molar-refractivity contribution in [2.24, 2.45) is 0 Å². The minimum Gasteiger partial charge on any atom is -0.444 e. The maximum absolute atomic E-state index is 12.8. The highest BCUT2D eigenvalue weighted by atomic mass is 35.5. The van der Waals surface area contributed by atoms with Crippen LogP contribution in [-0.2, 0) is 17.7 Å². The fourth-order valence-corrected chi connectivity index (χ4v) is 4.63. The Labute approximate surface area is 177 Å². The number of benzene rings is 1. The SMILES string of the molecule is CC(C)(C)OC(=O)N1CCC[C@H]1c1cc(Cl)cc2c1CCN(c1cccnc1)C2. The summed E-state index contributed by atoms with van der Waals surface area (Å²) in [5.41, 5.74) is 4.37. The lowest BCUT2D eigenvalue weighted by atomic mass is 9.89. The molecule has 1 atom stereocenters. The average Bonchev–Trinajstić information content (AvgIpc) is 3.16. The van der Waals surface area contributed by atoms with Crippen LogP contribution in [0.15, 0.2) is 36.7 Å². The molecule has 29 heavy (non-hydrogen) atoms. The third-order valence-corrected chi connectivity index (χ3v) is 5.80. The lowest BCUT2D eigenvalue weighted by Crippen LogP contribution is -2.37. The van der Waals surface area contributed by atoms with E-state index in [4.69, 9.17) is 16.3 Å². The fraction of sp³-hybridized carbons (Fsp3) is 0.478. The van der Waals surface area contributed by atoms with E-state index in [1.54, 1.807) is 6.20 Å². The van der Waals surface area contributed by atoms with Gasteiger partial charge in [0.15, 0.2) is 0 Å². The summed E-state index contributed by atoms with van der Waals surface area (Å²) in [5, 5.41) is 0.725. The predicted octanol–water partition coefficient (Wildman–Crippen LogP) is 5.37. The van der Waals surface area contributed by atoms with E-state index >= 15 is 0 Å². The Kier molecular flexibility index (Phi) is 5.43. The topological polar surface area (TPSA) is 45.7 Å². The number of hydrogen-bond donors (Lipinski definition) is 0. The standard InChI is InChI=1S/C23H28ClN3O2/c1-23(2,3)29-22(28)27-10-5-7-21(27)20-13-17(24)12-16-15-26(11-8-19(16)20)18-6-4-9-25-14-18/h4,6,9,12-14,21H,5,7-8,10-11,15H2,1-3H3/t21-/m0/s1. The summed E-state index contributed by atoms with van der Waals surface area (Å²) in [6.45, 7) is 8.17. The molecule has 0 bridgehead atoms. The number of likely N-dealkylation sites (tertiary alicyclic amines) is 1. The van der Waals surface area contributed by atoms with Crippen LogP contribution in [-0.4, -0.2) is 34.7 Å². The summed E-state index contributed by atoms with van der Waals surface area (Å²) in [5.74, 6) is 0. The third kappa shape index (κ3) is 4.35. The zero-order valence-electron chi connectivity index (χ0n) is 17.3. The average molecular weight is 414 g/mol. The van der Waals surface area contributed by atoms with Crippen molar-refractivity contribution in [1.29, 1.82) is 0 Å². The third-order valence-electron chi connectivity index (χ3n) is 5.59. The molecule has 1 fully saturated rings. The van der Waals surface area contributed by atoms with Crippen molar-refractivity contribution in [1.82, 2.24) is 9.88 Å².